The quantitative estimate of drug-likeness (QED) is 0.459. The fourth-order valence-electron chi connectivity index (χ4n) is 5.37. The first kappa shape index (κ1) is 27.2. The number of para-hydroxylation sites is 1. The van der Waals surface area contributed by atoms with Gasteiger partial charge >= 0.3 is 0 Å². The van der Waals surface area contributed by atoms with E-state index < -0.39 is 15.6 Å². The monoisotopic (exact) mass is 566 g/mol. The normalized spacial score (nSPS) is 17.5. The Morgan fingerprint density at radius 2 is 1.59 bits per heavy atom. The number of nitrogens with one attached hydrogen (secondary N) is 1. The van der Waals surface area contributed by atoms with Gasteiger partial charge in [-0.2, -0.15) is 4.31 Å². The Morgan fingerprint density at radius 1 is 0.949 bits per heavy atom. The minimum Gasteiger partial charge on any atom is -0.339 e. The minimum absolute atomic E-state index is 0.0910. The van der Waals surface area contributed by atoms with Crippen LogP contribution < -0.4 is 10.2 Å². The number of nitrogens with zero attached hydrogens (tertiary/aromatic N) is 3. The summed E-state index contributed by atoms with van der Waals surface area (Å²) >= 11 is 5.94. The van der Waals surface area contributed by atoms with E-state index in [1.54, 1.807) is 17.0 Å². The summed E-state index contributed by atoms with van der Waals surface area (Å²) in [7, 11) is -3.73. The van der Waals surface area contributed by atoms with Crippen molar-refractivity contribution < 1.29 is 18.0 Å². The van der Waals surface area contributed by atoms with Gasteiger partial charge in [0.1, 0.15) is 12.1 Å². The Labute approximate surface area is 234 Å². The predicted octanol–water partition coefficient (Wildman–Crippen LogP) is 4.37. The number of carbonyl (C=O) groups is 2. The van der Waals surface area contributed by atoms with Crippen molar-refractivity contribution in [2.75, 3.05) is 36.5 Å². The molecular formula is C29H31ClN4O4S. The second-order valence-corrected chi connectivity index (χ2v) is 12.3. The summed E-state index contributed by atoms with van der Waals surface area (Å²) < 4.78 is 28.0. The Hall–Kier alpha value is -3.40. The first-order valence-electron chi connectivity index (χ1n) is 13.0. The molecule has 8 nitrogen and oxygen atoms in total. The second-order valence-electron chi connectivity index (χ2n) is 9.90. The zero-order chi connectivity index (χ0) is 27.6. The molecule has 0 aromatic heterocycles. The fraction of sp³-hybridized carbons (Fsp3) is 0.310. The number of hydrogen-bond donors (Lipinski definition) is 1. The summed E-state index contributed by atoms with van der Waals surface area (Å²) in [6, 6.07) is 23.3. The van der Waals surface area contributed by atoms with E-state index in [0.717, 1.165) is 12.1 Å². The van der Waals surface area contributed by atoms with Crippen LogP contribution in [0.5, 0.6) is 0 Å². The van der Waals surface area contributed by atoms with Crippen molar-refractivity contribution in [2.24, 2.45) is 0 Å². The summed E-state index contributed by atoms with van der Waals surface area (Å²) in [5.74, 6) is -0.438. The van der Waals surface area contributed by atoms with Crippen molar-refractivity contribution in [1.82, 2.24) is 9.21 Å². The van der Waals surface area contributed by atoms with Crippen LogP contribution in [0.15, 0.2) is 83.8 Å². The first-order chi connectivity index (χ1) is 18.7. The van der Waals surface area contributed by atoms with Crippen LogP contribution in [0.4, 0.5) is 11.4 Å². The molecule has 204 valence electrons. The molecule has 2 amide bonds. The number of anilines is 2. The molecule has 0 unspecified atom stereocenters. The lowest BCUT2D eigenvalue weighted by atomic mass is 9.86. The maximum absolute atomic E-state index is 13.9. The first-order valence-corrected chi connectivity index (χ1v) is 14.8. The van der Waals surface area contributed by atoms with Crippen molar-refractivity contribution in [3.8, 4) is 0 Å². The number of hydrogen-bond acceptors (Lipinski definition) is 5. The molecule has 10 heteroatoms. The van der Waals surface area contributed by atoms with E-state index in [1.165, 1.54) is 22.0 Å². The van der Waals surface area contributed by atoms with Crippen LogP contribution in [-0.4, -0.2) is 61.3 Å². The highest BCUT2D eigenvalue weighted by Gasteiger charge is 2.55. The molecule has 2 fully saturated rings. The Bertz CT molecular complexity index is 1440. The standard InChI is InChI=1S/C29H31ClN4O4S/c1-2-22-8-12-24(13-9-22)31-27(35)20-32-21-34(25-6-4-3-5-7-25)29(28(32)36)16-18-33(19-17-29)39(37,38)26-14-10-23(30)11-15-26/h3-15H,2,16-21H2,1H3,(H,31,35). The van der Waals surface area contributed by atoms with Gasteiger partial charge in [0.2, 0.25) is 21.8 Å². The van der Waals surface area contributed by atoms with Crippen LogP contribution in [-0.2, 0) is 26.0 Å². The van der Waals surface area contributed by atoms with Gasteiger partial charge in [0.05, 0.1) is 11.6 Å². The maximum atomic E-state index is 13.9. The van der Waals surface area contributed by atoms with Crippen LogP contribution in [0.1, 0.15) is 25.3 Å². The van der Waals surface area contributed by atoms with Crippen LogP contribution in [0.2, 0.25) is 5.02 Å². The molecule has 1 N–H and O–H groups in total. The summed E-state index contributed by atoms with van der Waals surface area (Å²) in [6.07, 6.45) is 1.53. The van der Waals surface area contributed by atoms with Crippen molar-refractivity contribution in [1.29, 1.82) is 0 Å². The van der Waals surface area contributed by atoms with Gasteiger partial charge in [0, 0.05) is 29.5 Å². The van der Waals surface area contributed by atoms with Gasteiger partial charge in [-0.1, -0.05) is 48.9 Å². The molecule has 0 radical (unpaired) electrons. The number of sulfonamides is 1. The highest BCUT2D eigenvalue weighted by Crippen LogP contribution is 2.40. The molecular weight excluding hydrogens is 536 g/mol. The molecule has 2 aliphatic heterocycles. The Kier molecular flexibility index (Phi) is 7.66. The highest BCUT2D eigenvalue weighted by molar-refractivity contribution is 7.89. The zero-order valence-corrected chi connectivity index (χ0v) is 23.3. The van der Waals surface area contributed by atoms with E-state index in [-0.39, 0.29) is 43.0 Å². The molecule has 0 aliphatic carbocycles. The van der Waals surface area contributed by atoms with Crippen molar-refractivity contribution in [3.63, 3.8) is 0 Å². The third-order valence-electron chi connectivity index (χ3n) is 7.56. The Morgan fingerprint density at radius 3 is 2.21 bits per heavy atom. The smallest absolute Gasteiger partial charge is 0.250 e. The number of amides is 2. The van der Waals surface area contributed by atoms with Crippen LogP contribution in [0.3, 0.4) is 0 Å². The lowest BCUT2D eigenvalue weighted by Crippen LogP contribution is -2.57. The molecule has 3 aromatic rings. The molecule has 2 saturated heterocycles. The van der Waals surface area contributed by atoms with Gasteiger partial charge in [-0.3, -0.25) is 9.59 Å². The SMILES string of the molecule is CCc1ccc(NC(=O)CN2CN(c3ccccc3)C3(CCN(S(=O)(=O)c4ccc(Cl)cc4)CC3)C2=O)cc1. The van der Waals surface area contributed by atoms with Gasteiger partial charge in [-0.15, -0.1) is 0 Å². The van der Waals surface area contributed by atoms with Crippen LogP contribution >= 0.6 is 11.6 Å². The lowest BCUT2D eigenvalue weighted by Gasteiger charge is -2.42. The summed E-state index contributed by atoms with van der Waals surface area (Å²) in [4.78, 5) is 30.6. The third-order valence-corrected chi connectivity index (χ3v) is 9.73. The van der Waals surface area contributed by atoms with E-state index in [4.69, 9.17) is 11.6 Å². The van der Waals surface area contributed by atoms with E-state index in [0.29, 0.717) is 23.6 Å². The molecule has 1 spiro atoms. The van der Waals surface area contributed by atoms with Crippen LogP contribution in [0.25, 0.3) is 0 Å². The minimum atomic E-state index is -3.73. The Balaban J connectivity index is 1.34. The fourth-order valence-corrected chi connectivity index (χ4v) is 6.94. The van der Waals surface area contributed by atoms with Crippen molar-refractivity contribution >= 4 is 44.8 Å². The summed E-state index contributed by atoms with van der Waals surface area (Å²) in [5.41, 5.74) is 1.78. The number of rotatable bonds is 7. The average Bonchev–Trinajstić information content (AvgIpc) is 3.20. The highest BCUT2D eigenvalue weighted by atomic mass is 35.5. The molecule has 2 heterocycles. The van der Waals surface area contributed by atoms with E-state index in [9.17, 15) is 18.0 Å². The number of benzene rings is 3. The number of aryl methyl sites for hydroxylation is 1. The van der Waals surface area contributed by atoms with Gasteiger partial charge in [0.15, 0.2) is 0 Å². The van der Waals surface area contributed by atoms with E-state index in [1.807, 2.05) is 59.5 Å². The summed E-state index contributed by atoms with van der Waals surface area (Å²) in [5, 5.41) is 3.35. The molecule has 0 bridgehead atoms. The molecule has 0 saturated carbocycles. The number of halogens is 1. The predicted molar refractivity (Wildman–Crippen MR) is 152 cm³/mol. The number of carbonyl (C=O) groups excluding carboxylic acids is 2. The number of piperidine rings is 1. The average molecular weight is 567 g/mol. The third kappa shape index (κ3) is 5.39. The molecule has 5 rings (SSSR count). The van der Waals surface area contributed by atoms with Crippen molar-refractivity contribution in [3.05, 3.63) is 89.4 Å². The van der Waals surface area contributed by atoms with E-state index >= 15 is 0 Å². The zero-order valence-electron chi connectivity index (χ0n) is 21.7. The molecule has 39 heavy (non-hydrogen) atoms. The van der Waals surface area contributed by atoms with Gasteiger partial charge in [-0.25, -0.2) is 8.42 Å². The van der Waals surface area contributed by atoms with Gasteiger partial charge < -0.3 is 15.1 Å². The molecule has 0 atom stereocenters. The van der Waals surface area contributed by atoms with Gasteiger partial charge in [-0.05, 0) is 73.4 Å². The topological polar surface area (TPSA) is 90.0 Å². The largest absolute Gasteiger partial charge is 0.339 e. The molecule has 2 aliphatic rings. The molecule has 3 aromatic carbocycles. The summed E-state index contributed by atoms with van der Waals surface area (Å²) in [6.45, 7) is 2.59. The second kappa shape index (κ2) is 11.0. The lowest BCUT2D eigenvalue weighted by molar-refractivity contribution is -0.136. The van der Waals surface area contributed by atoms with Crippen molar-refractivity contribution in [2.45, 2.75) is 36.6 Å². The maximum Gasteiger partial charge on any atom is 0.250 e. The van der Waals surface area contributed by atoms with Gasteiger partial charge in [0.25, 0.3) is 0 Å². The van der Waals surface area contributed by atoms with E-state index in [2.05, 4.69) is 12.2 Å². The van der Waals surface area contributed by atoms with Crippen LogP contribution in [0, 0.1) is 0 Å².